The molecule has 1 fully saturated rings. The smallest absolute Gasteiger partial charge is 0.323 e. The molecule has 0 heterocycles. The molecule has 20 heavy (non-hydrogen) atoms. The zero-order valence-electron chi connectivity index (χ0n) is 13.6. The molecule has 4 heteroatoms. The SMILES string of the molecule is CC(C)NC(C)(CCN(C)CC1CCCCC1)C(=O)O. The zero-order valence-corrected chi connectivity index (χ0v) is 13.6. The predicted molar refractivity (Wildman–Crippen MR) is 83.0 cm³/mol. The molecule has 118 valence electrons. The Morgan fingerprint density at radius 3 is 2.45 bits per heavy atom. The molecule has 4 nitrogen and oxygen atoms in total. The fraction of sp³-hybridized carbons (Fsp3) is 0.938. The van der Waals surface area contributed by atoms with Gasteiger partial charge in [0, 0.05) is 19.1 Å². The first-order chi connectivity index (χ1) is 9.33. The van der Waals surface area contributed by atoms with Crippen molar-refractivity contribution in [3.63, 3.8) is 0 Å². The maximum absolute atomic E-state index is 11.5. The maximum Gasteiger partial charge on any atom is 0.323 e. The lowest BCUT2D eigenvalue weighted by Gasteiger charge is -2.32. The van der Waals surface area contributed by atoms with Crippen molar-refractivity contribution in [2.45, 2.75) is 70.9 Å². The summed E-state index contributed by atoms with van der Waals surface area (Å²) in [5.74, 6) is 0.0557. The van der Waals surface area contributed by atoms with E-state index in [9.17, 15) is 9.90 Å². The third-order valence-corrected chi connectivity index (χ3v) is 4.37. The predicted octanol–water partition coefficient (Wildman–Crippen LogP) is 2.73. The Hall–Kier alpha value is -0.610. The fourth-order valence-electron chi connectivity index (χ4n) is 3.19. The van der Waals surface area contributed by atoms with Crippen LogP contribution in [0.1, 0.15) is 59.3 Å². The quantitative estimate of drug-likeness (QED) is 0.719. The molecule has 0 aliphatic heterocycles. The van der Waals surface area contributed by atoms with Crippen molar-refractivity contribution >= 4 is 5.97 Å². The lowest BCUT2D eigenvalue weighted by atomic mass is 9.89. The van der Waals surface area contributed by atoms with E-state index in [1.807, 2.05) is 13.8 Å². The lowest BCUT2D eigenvalue weighted by molar-refractivity contribution is -0.144. The van der Waals surface area contributed by atoms with Gasteiger partial charge in [-0.2, -0.15) is 0 Å². The molecule has 0 saturated heterocycles. The van der Waals surface area contributed by atoms with Crippen molar-refractivity contribution < 1.29 is 9.90 Å². The number of carboxylic acids is 1. The van der Waals surface area contributed by atoms with Gasteiger partial charge >= 0.3 is 5.97 Å². The minimum absolute atomic E-state index is 0.180. The summed E-state index contributed by atoms with van der Waals surface area (Å²) in [5.41, 5.74) is -0.824. The molecule has 0 spiro atoms. The standard InChI is InChI=1S/C16H32N2O2/c1-13(2)17-16(3,15(19)20)10-11-18(4)12-14-8-6-5-7-9-14/h13-14,17H,5-12H2,1-4H3,(H,19,20). The molecule has 0 bridgehead atoms. The van der Waals surface area contributed by atoms with Gasteiger partial charge in [0.05, 0.1) is 0 Å². The average Bonchev–Trinajstić information content (AvgIpc) is 2.36. The highest BCUT2D eigenvalue weighted by molar-refractivity contribution is 5.78. The minimum Gasteiger partial charge on any atom is -0.480 e. The Labute approximate surface area is 123 Å². The summed E-state index contributed by atoms with van der Waals surface area (Å²) in [4.78, 5) is 13.8. The number of carbonyl (C=O) groups is 1. The summed E-state index contributed by atoms with van der Waals surface area (Å²) in [6.45, 7) is 7.72. The Bertz CT molecular complexity index is 301. The molecular formula is C16H32N2O2. The van der Waals surface area contributed by atoms with E-state index in [1.165, 1.54) is 32.1 Å². The molecule has 1 aliphatic rings. The maximum atomic E-state index is 11.5. The van der Waals surface area contributed by atoms with Crippen LogP contribution in [0.5, 0.6) is 0 Å². The van der Waals surface area contributed by atoms with Crippen molar-refractivity contribution in [1.82, 2.24) is 10.2 Å². The fourth-order valence-corrected chi connectivity index (χ4v) is 3.19. The highest BCUT2D eigenvalue weighted by Crippen LogP contribution is 2.24. The number of nitrogens with zero attached hydrogens (tertiary/aromatic N) is 1. The summed E-state index contributed by atoms with van der Waals surface area (Å²) >= 11 is 0. The molecular weight excluding hydrogens is 252 g/mol. The zero-order chi connectivity index (χ0) is 15.2. The summed E-state index contributed by atoms with van der Waals surface area (Å²) < 4.78 is 0. The highest BCUT2D eigenvalue weighted by atomic mass is 16.4. The molecule has 0 aromatic carbocycles. The van der Waals surface area contributed by atoms with E-state index in [0.29, 0.717) is 6.42 Å². The lowest BCUT2D eigenvalue weighted by Crippen LogP contribution is -2.53. The van der Waals surface area contributed by atoms with Crippen LogP contribution in [0.3, 0.4) is 0 Å². The van der Waals surface area contributed by atoms with E-state index in [0.717, 1.165) is 19.0 Å². The van der Waals surface area contributed by atoms with Crippen LogP contribution >= 0.6 is 0 Å². The monoisotopic (exact) mass is 284 g/mol. The van der Waals surface area contributed by atoms with E-state index in [1.54, 1.807) is 6.92 Å². The van der Waals surface area contributed by atoms with Crippen molar-refractivity contribution in [3.8, 4) is 0 Å². The first kappa shape index (κ1) is 17.4. The second kappa shape index (κ2) is 7.99. The number of nitrogens with one attached hydrogen (secondary N) is 1. The van der Waals surface area contributed by atoms with Gasteiger partial charge in [0.2, 0.25) is 0 Å². The van der Waals surface area contributed by atoms with E-state index < -0.39 is 11.5 Å². The Morgan fingerprint density at radius 1 is 1.35 bits per heavy atom. The van der Waals surface area contributed by atoms with Crippen LogP contribution in [0.15, 0.2) is 0 Å². The molecule has 1 unspecified atom stereocenters. The second-order valence-electron chi connectivity index (χ2n) is 6.95. The van der Waals surface area contributed by atoms with Gasteiger partial charge in [-0.05, 0) is 53.0 Å². The Kier molecular flexibility index (Phi) is 6.96. The van der Waals surface area contributed by atoms with E-state index >= 15 is 0 Å². The van der Waals surface area contributed by atoms with Crippen LogP contribution in [-0.4, -0.2) is 47.7 Å². The van der Waals surface area contributed by atoms with Gasteiger partial charge in [-0.15, -0.1) is 0 Å². The second-order valence-corrected chi connectivity index (χ2v) is 6.95. The van der Waals surface area contributed by atoms with Gasteiger partial charge in [0.1, 0.15) is 5.54 Å². The molecule has 1 aliphatic carbocycles. The van der Waals surface area contributed by atoms with Gasteiger partial charge < -0.3 is 10.0 Å². The van der Waals surface area contributed by atoms with Crippen molar-refractivity contribution in [3.05, 3.63) is 0 Å². The number of hydrogen-bond donors (Lipinski definition) is 2. The van der Waals surface area contributed by atoms with Gasteiger partial charge in [-0.3, -0.25) is 10.1 Å². The van der Waals surface area contributed by atoms with Gasteiger partial charge in [0.25, 0.3) is 0 Å². The highest BCUT2D eigenvalue weighted by Gasteiger charge is 2.33. The van der Waals surface area contributed by atoms with Gasteiger partial charge in [-0.1, -0.05) is 19.3 Å². The van der Waals surface area contributed by atoms with Crippen molar-refractivity contribution in [2.75, 3.05) is 20.1 Å². The third kappa shape index (κ3) is 5.80. The molecule has 1 rings (SSSR count). The normalized spacial score (nSPS) is 20.3. The van der Waals surface area contributed by atoms with Gasteiger partial charge in [0.15, 0.2) is 0 Å². The van der Waals surface area contributed by atoms with Crippen LogP contribution in [-0.2, 0) is 4.79 Å². The molecule has 0 aromatic rings. The molecule has 2 N–H and O–H groups in total. The van der Waals surface area contributed by atoms with Crippen molar-refractivity contribution in [2.24, 2.45) is 5.92 Å². The number of carboxylic acid groups (broad SMARTS) is 1. The summed E-state index contributed by atoms with van der Waals surface area (Å²) in [6, 6.07) is 0.180. The number of rotatable bonds is 8. The molecule has 0 radical (unpaired) electrons. The van der Waals surface area contributed by atoms with E-state index in [2.05, 4.69) is 17.3 Å². The summed E-state index contributed by atoms with van der Waals surface area (Å²) in [5, 5.41) is 12.6. The molecule has 0 amide bonds. The first-order valence-electron chi connectivity index (χ1n) is 8.03. The van der Waals surface area contributed by atoms with Gasteiger partial charge in [-0.25, -0.2) is 0 Å². The number of aliphatic carboxylic acids is 1. The van der Waals surface area contributed by atoms with E-state index in [-0.39, 0.29) is 6.04 Å². The largest absolute Gasteiger partial charge is 0.480 e. The van der Waals surface area contributed by atoms with Crippen molar-refractivity contribution in [1.29, 1.82) is 0 Å². The Balaban J connectivity index is 2.39. The summed E-state index contributed by atoms with van der Waals surface area (Å²) in [7, 11) is 2.12. The third-order valence-electron chi connectivity index (χ3n) is 4.37. The van der Waals surface area contributed by atoms with E-state index in [4.69, 9.17) is 0 Å². The van der Waals surface area contributed by atoms with Crippen LogP contribution < -0.4 is 5.32 Å². The van der Waals surface area contributed by atoms with Crippen LogP contribution in [0.2, 0.25) is 0 Å². The topological polar surface area (TPSA) is 52.6 Å². The average molecular weight is 284 g/mol. The molecule has 1 saturated carbocycles. The molecule has 1 atom stereocenters. The molecule has 0 aromatic heterocycles. The summed E-state index contributed by atoms with van der Waals surface area (Å²) in [6.07, 6.45) is 7.43. The Morgan fingerprint density at radius 2 is 1.95 bits per heavy atom. The minimum atomic E-state index is -0.824. The van der Waals surface area contributed by atoms with Crippen LogP contribution in [0.25, 0.3) is 0 Å². The van der Waals surface area contributed by atoms with Crippen LogP contribution in [0, 0.1) is 5.92 Å². The van der Waals surface area contributed by atoms with Crippen LogP contribution in [0.4, 0.5) is 0 Å². The number of hydrogen-bond acceptors (Lipinski definition) is 3. The first-order valence-corrected chi connectivity index (χ1v) is 8.03.